The number of alkyl halides is 2. The van der Waals surface area contributed by atoms with Gasteiger partial charge in [0.1, 0.15) is 5.60 Å². The molecule has 0 aliphatic heterocycles. The molecule has 1 aliphatic rings. The van der Waals surface area contributed by atoms with Crippen molar-refractivity contribution < 1.29 is 18.7 Å². The number of aliphatic hydroxyl groups is 1. The van der Waals surface area contributed by atoms with E-state index in [4.69, 9.17) is 0 Å². The molecular formula is C15H19F2NO2. The third-order valence-electron chi connectivity index (χ3n) is 4.03. The summed E-state index contributed by atoms with van der Waals surface area (Å²) in [6.45, 7) is 3.65. The lowest BCUT2D eigenvalue weighted by atomic mass is 9.75. The molecule has 0 aromatic heterocycles. The summed E-state index contributed by atoms with van der Waals surface area (Å²) in [6, 6.07) is 5.37. The second-order valence-electron chi connectivity index (χ2n) is 5.38. The second-order valence-corrected chi connectivity index (χ2v) is 5.38. The first-order valence-corrected chi connectivity index (χ1v) is 6.82. The molecule has 1 aromatic carbocycles. The van der Waals surface area contributed by atoms with Crippen LogP contribution >= 0.6 is 0 Å². The molecular weight excluding hydrogens is 264 g/mol. The molecule has 0 unspecified atom stereocenters. The topological polar surface area (TPSA) is 49.3 Å². The molecule has 110 valence electrons. The Morgan fingerprint density at radius 1 is 1.45 bits per heavy atom. The van der Waals surface area contributed by atoms with Gasteiger partial charge in [-0.25, -0.2) is 0 Å². The lowest BCUT2D eigenvalue weighted by Gasteiger charge is -2.41. The maximum atomic E-state index is 14.0. The molecule has 5 heteroatoms. The molecule has 0 saturated heterocycles. The maximum Gasteiger partial charge on any atom is 0.352 e. The number of rotatable bonds is 4. The fraction of sp³-hybridized carbons (Fsp3) is 0.533. The van der Waals surface area contributed by atoms with Crippen LogP contribution in [-0.2, 0) is 11.2 Å². The standard InChI is InChI=1S/C15H19F2NO2/c1-3-11-7-4-6-10(2)12(11)18-13(19)15(16,17)14(20)8-5-9-14/h4,6-7,20H,3,5,8-9H2,1-2H3,(H,18,19). The SMILES string of the molecule is CCc1cccc(C)c1NC(=O)C(F)(F)C1(O)CCC1. The molecule has 0 atom stereocenters. The normalized spacial score (nSPS) is 17.4. The second kappa shape index (κ2) is 5.13. The van der Waals surface area contributed by atoms with Crippen molar-refractivity contribution in [2.75, 3.05) is 5.32 Å². The zero-order valence-corrected chi connectivity index (χ0v) is 11.7. The third kappa shape index (κ3) is 2.30. The summed E-state index contributed by atoms with van der Waals surface area (Å²) in [4.78, 5) is 11.9. The van der Waals surface area contributed by atoms with Crippen LogP contribution < -0.4 is 5.32 Å². The Bertz CT molecular complexity index is 525. The minimum atomic E-state index is -3.77. The summed E-state index contributed by atoms with van der Waals surface area (Å²) < 4.78 is 28.1. The van der Waals surface area contributed by atoms with Gasteiger partial charge in [0.25, 0.3) is 5.91 Å². The predicted octanol–water partition coefficient (Wildman–Crippen LogP) is 3.05. The summed E-state index contributed by atoms with van der Waals surface area (Å²) in [7, 11) is 0. The van der Waals surface area contributed by atoms with Crippen LogP contribution in [0.5, 0.6) is 0 Å². The molecule has 0 heterocycles. The van der Waals surface area contributed by atoms with Gasteiger partial charge in [-0.2, -0.15) is 8.78 Å². The number of carbonyl (C=O) groups is 1. The van der Waals surface area contributed by atoms with E-state index in [-0.39, 0.29) is 12.8 Å². The van der Waals surface area contributed by atoms with Gasteiger partial charge in [0.05, 0.1) is 0 Å². The van der Waals surface area contributed by atoms with Gasteiger partial charge in [-0.3, -0.25) is 4.79 Å². The highest BCUT2D eigenvalue weighted by Gasteiger charge is 2.61. The number of hydrogen-bond donors (Lipinski definition) is 2. The quantitative estimate of drug-likeness (QED) is 0.892. The van der Waals surface area contributed by atoms with Gasteiger partial charge < -0.3 is 10.4 Å². The Kier molecular flexibility index (Phi) is 3.82. The van der Waals surface area contributed by atoms with E-state index in [2.05, 4.69) is 5.32 Å². The highest BCUT2D eigenvalue weighted by Crippen LogP contribution is 2.44. The molecule has 2 N–H and O–H groups in total. The molecule has 1 fully saturated rings. The number of halogens is 2. The lowest BCUT2D eigenvalue weighted by Crippen LogP contribution is -2.59. The van der Waals surface area contributed by atoms with Crippen molar-refractivity contribution in [3.8, 4) is 0 Å². The number of anilines is 1. The first-order valence-electron chi connectivity index (χ1n) is 6.82. The maximum absolute atomic E-state index is 14.0. The minimum absolute atomic E-state index is 0.0399. The molecule has 20 heavy (non-hydrogen) atoms. The molecule has 0 bridgehead atoms. The summed E-state index contributed by atoms with van der Waals surface area (Å²) in [6.07, 6.45) is 1.07. The number of hydrogen-bond acceptors (Lipinski definition) is 2. The number of nitrogens with one attached hydrogen (secondary N) is 1. The van der Waals surface area contributed by atoms with E-state index in [1.54, 1.807) is 19.1 Å². The van der Waals surface area contributed by atoms with E-state index in [0.717, 1.165) is 11.1 Å². The molecule has 1 aliphatic carbocycles. The van der Waals surface area contributed by atoms with Gasteiger partial charge in [0.2, 0.25) is 0 Å². The summed E-state index contributed by atoms with van der Waals surface area (Å²) in [5.74, 6) is -5.19. The van der Waals surface area contributed by atoms with Gasteiger partial charge in [-0.05, 0) is 43.7 Å². The third-order valence-corrected chi connectivity index (χ3v) is 4.03. The average Bonchev–Trinajstić information content (AvgIpc) is 2.37. The fourth-order valence-corrected chi connectivity index (χ4v) is 2.43. The number of amides is 1. The fourth-order valence-electron chi connectivity index (χ4n) is 2.43. The number of carbonyl (C=O) groups excluding carboxylic acids is 1. The Morgan fingerprint density at radius 2 is 2.10 bits per heavy atom. The van der Waals surface area contributed by atoms with Crippen molar-refractivity contribution in [1.29, 1.82) is 0 Å². The van der Waals surface area contributed by atoms with Gasteiger partial charge in [-0.15, -0.1) is 0 Å². The van der Waals surface area contributed by atoms with Crippen molar-refractivity contribution in [3.63, 3.8) is 0 Å². The Morgan fingerprint density at radius 3 is 2.60 bits per heavy atom. The van der Waals surface area contributed by atoms with E-state index in [1.807, 2.05) is 13.0 Å². The van der Waals surface area contributed by atoms with Crippen LogP contribution in [0.1, 0.15) is 37.3 Å². The van der Waals surface area contributed by atoms with Crippen LogP contribution in [-0.4, -0.2) is 22.5 Å². The van der Waals surface area contributed by atoms with Crippen molar-refractivity contribution in [2.24, 2.45) is 0 Å². The Balaban J connectivity index is 2.24. The zero-order chi connectivity index (χ0) is 15.0. The van der Waals surface area contributed by atoms with E-state index >= 15 is 0 Å². The summed E-state index contributed by atoms with van der Waals surface area (Å²) in [5.41, 5.74) is -0.238. The summed E-state index contributed by atoms with van der Waals surface area (Å²) in [5, 5.41) is 12.1. The number of para-hydroxylation sites is 1. The number of aryl methyl sites for hydroxylation is 2. The van der Waals surface area contributed by atoms with E-state index in [9.17, 15) is 18.7 Å². The summed E-state index contributed by atoms with van der Waals surface area (Å²) >= 11 is 0. The lowest BCUT2D eigenvalue weighted by molar-refractivity contribution is -0.212. The first-order chi connectivity index (χ1) is 9.32. The number of benzene rings is 1. The average molecular weight is 283 g/mol. The molecule has 0 radical (unpaired) electrons. The van der Waals surface area contributed by atoms with Gasteiger partial charge in [0.15, 0.2) is 0 Å². The highest BCUT2D eigenvalue weighted by atomic mass is 19.3. The van der Waals surface area contributed by atoms with Crippen molar-refractivity contribution in [3.05, 3.63) is 29.3 Å². The van der Waals surface area contributed by atoms with Crippen LogP contribution in [0, 0.1) is 6.92 Å². The Labute approximate surface area is 117 Å². The molecule has 2 rings (SSSR count). The largest absolute Gasteiger partial charge is 0.383 e. The van der Waals surface area contributed by atoms with Crippen LogP contribution in [0.4, 0.5) is 14.5 Å². The monoisotopic (exact) mass is 283 g/mol. The predicted molar refractivity (Wildman–Crippen MR) is 72.9 cm³/mol. The molecule has 1 saturated carbocycles. The minimum Gasteiger partial charge on any atom is -0.383 e. The Hall–Kier alpha value is -1.49. The van der Waals surface area contributed by atoms with E-state index in [0.29, 0.717) is 18.5 Å². The van der Waals surface area contributed by atoms with E-state index < -0.39 is 17.4 Å². The molecule has 3 nitrogen and oxygen atoms in total. The molecule has 0 spiro atoms. The van der Waals surface area contributed by atoms with Crippen molar-refractivity contribution >= 4 is 11.6 Å². The van der Waals surface area contributed by atoms with Crippen LogP contribution in [0.2, 0.25) is 0 Å². The molecule has 1 amide bonds. The van der Waals surface area contributed by atoms with Crippen molar-refractivity contribution in [1.82, 2.24) is 0 Å². The van der Waals surface area contributed by atoms with Gasteiger partial charge >= 0.3 is 5.92 Å². The highest BCUT2D eigenvalue weighted by molar-refractivity contribution is 5.98. The zero-order valence-electron chi connectivity index (χ0n) is 11.7. The van der Waals surface area contributed by atoms with E-state index in [1.165, 1.54) is 0 Å². The van der Waals surface area contributed by atoms with Gasteiger partial charge in [0, 0.05) is 5.69 Å². The van der Waals surface area contributed by atoms with Crippen molar-refractivity contribution in [2.45, 2.75) is 51.1 Å². The molecule has 1 aromatic rings. The van der Waals surface area contributed by atoms with Crippen LogP contribution in [0.25, 0.3) is 0 Å². The van der Waals surface area contributed by atoms with Crippen LogP contribution in [0.3, 0.4) is 0 Å². The smallest absolute Gasteiger partial charge is 0.352 e. The van der Waals surface area contributed by atoms with Crippen LogP contribution in [0.15, 0.2) is 18.2 Å². The first kappa shape index (κ1) is 14.9. The van der Waals surface area contributed by atoms with Gasteiger partial charge in [-0.1, -0.05) is 25.1 Å².